The van der Waals surface area contributed by atoms with Crippen molar-refractivity contribution in [3.8, 4) is 0 Å². The zero-order chi connectivity index (χ0) is 18.9. The molecule has 2 heterocycles. The Kier molecular flexibility index (Phi) is 7.69. The fraction of sp³-hybridized carbons (Fsp3) is 0.632. The number of nitrogens with zero attached hydrogens (tertiary/aromatic N) is 4. The maximum Gasteiger partial charge on any atom is 0.409 e. The molecule has 0 bridgehead atoms. The highest BCUT2D eigenvalue weighted by molar-refractivity contribution is 5.94. The van der Waals surface area contributed by atoms with Crippen LogP contribution < -0.4 is 4.90 Å². The fourth-order valence-electron chi connectivity index (χ4n) is 3.12. The minimum Gasteiger partial charge on any atom is -0.450 e. The molecule has 0 radical (unpaired) electrons. The molecule has 26 heavy (non-hydrogen) atoms. The van der Waals surface area contributed by atoms with Crippen LogP contribution in [0.3, 0.4) is 0 Å². The van der Waals surface area contributed by atoms with Crippen molar-refractivity contribution in [2.45, 2.75) is 33.6 Å². The molecule has 0 aliphatic carbocycles. The van der Waals surface area contributed by atoms with Gasteiger partial charge in [0.1, 0.15) is 0 Å². The lowest BCUT2D eigenvalue weighted by Gasteiger charge is -2.35. The third-order valence-corrected chi connectivity index (χ3v) is 4.42. The quantitative estimate of drug-likeness (QED) is 0.746. The molecule has 0 aromatic carbocycles. The smallest absolute Gasteiger partial charge is 0.409 e. The van der Waals surface area contributed by atoms with Crippen molar-refractivity contribution in [1.82, 2.24) is 14.8 Å². The van der Waals surface area contributed by atoms with Gasteiger partial charge in [-0.25, -0.2) is 4.79 Å². The van der Waals surface area contributed by atoms with Gasteiger partial charge < -0.3 is 19.4 Å². The Morgan fingerprint density at radius 2 is 1.73 bits per heavy atom. The van der Waals surface area contributed by atoms with Crippen molar-refractivity contribution in [3.63, 3.8) is 0 Å². The van der Waals surface area contributed by atoms with Crippen LogP contribution in [0.2, 0.25) is 0 Å². The standard InChI is InChI=1S/C19H30N4O3/c1-4-7-22(8-5-2)18(24)16-13-17(15-20-14-16)21-9-11-23(12-10-21)19(25)26-6-3/h13-15H,4-12H2,1-3H3. The number of carbonyl (C=O) groups excluding carboxylic acids is 2. The summed E-state index contributed by atoms with van der Waals surface area (Å²) < 4.78 is 5.05. The van der Waals surface area contributed by atoms with Crippen LogP contribution in [0.1, 0.15) is 44.0 Å². The average molecular weight is 362 g/mol. The number of hydrogen-bond acceptors (Lipinski definition) is 5. The van der Waals surface area contributed by atoms with Crippen molar-refractivity contribution in [2.24, 2.45) is 0 Å². The number of hydrogen-bond donors (Lipinski definition) is 0. The first-order valence-corrected chi connectivity index (χ1v) is 9.51. The predicted molar refractivity (Wildman–Crippen MR) is 102 cm³/mol. The van der Waals surface area contributed by atoms with Crippen LogP contribution >= 0.6 is 0 Å². The molecular formula is C19H30N4O3. The molecule has 1 saturated heterocycles. The van der Waals surface area contributed by atoms with Crippen LogP contribution in [-0.2, 0) is 4.74 Å². The fourth-order valence-corrected chi connectivity index (χ4v) is 3.12. The molecule has 1 fully saturated rings. The zero-order valence-electron chi connectivity index (χ0n) is 16.1. The van der Waals surface area contributed by atoms with Crippen molar-refractivity contribution < 1.29 is 14.3 Å². The summed E-state index contributed by atoms with van der Waals surface area (Å²) in [6.07, 6.45) is 5.03. The Labute approximate surface area is 155 Å². The molecule has 0 atom stereocenters. The number of anilines is 1. The van der Waals surface area contributed by atoms with E-state index in [1.54, 1.807) is 17.3 Å². The molecule has 7 heteroatoms. The number of aromatic nitrogens is 1. The number of rotatable bonds is 7. The lowest BCUT2D eigenvalue weighted by molar-refractivity contribution is 0.0755. The van der Waals surface area contributed by atoms with E-state index in [4.69, 9.17) is 4.74 Å². The Balaban J connectivity index is 2.03. The third-order valence-electron chi connectivity index (χ3n) is 4.42. The van der Waals surface area contributed by atoms with Gasteiger partial charge in [0.05, 0.1) is 24.1 Å². The maximum absolute atomic E-state index is 12.8. The van der Waals surface area contributed by atoms with Crippen LogP contribution in [0.15, 0.2) is 18.5 Å². The van der Waals surface area contributed by atoms with Gasteiger partial charge >= 0.3 is 6.09 Å². The van der Waals surface area contributed by atoms with E-state index < -0.39 is 0 Å². The highest BCUT2D eigenvalue weighted by atomic mass is 16.6. The van der Waals surface area contributed by atoms with Crippen LogP contribution in [0, 0.1) is 0 Å². The van der Waals surface area contributed by atoms with Crippen LogP contribution in [0.5, 0.6) is 0 Å². The molecule has 1 aliphatic rings. The Hall–Kier alpha value is -2.31. The van der Waals surface area contributed by atoms with Gasteiger partial charge in [0.2, 0.25) is 0 Å². The van der Waals surface area contributed by atoms with E-state index in [1.165, 1.54) is 0 Å². The molecule has 0 unspecified atom stereocenters. The van der Waals surface area contributed by atoms with Gasteiger partial charge in [-0.2, -0.15) is 0 Å². The summed E-state index contributed by atoms with van der Waals surface area (Å²) in [7, 11) is 0. The third kappa shape index (κ3) is 5.09. The van der Waals surface area contributed by atoms with E-state index in [2.05, 4.69) is 23.7 Å². The molecular weight excluding hydrogens is 332 g/mol. The first-order chi connectivity index (χ1) is 12.6. The zero-order valence-corrected chi connectivity index (χ0v) is 16.1. The summed E-state index contributed by atoms with van der Waals surface area (Å²) in [4.78, 5) is 34.6. The van der Waals surface area contributed by atoms with E-state index in [1.807, 2.05) is 17.9 Å². The number of ether oxygens (including phenoxy) is 1. The number of pyridine rings is 1. The van der Waals surface area contributed by atoms with Gasteiger partial charge in [-0.05, 0) is 25.8 Å². The lowest BCUT2D eigenvalue weighted by Crippen LogP contribution is -2.49. The molecule has 2 amide bonds. The maximum atomic E-state index is 12.8. The summed E-state index contributed by atoms with van der Waals surface area (Å²) in [5.41, 5.74) is 1.55. The van der Waals surface area contributed by atoms with E-state index >= 15 is 0 Å². The van der Waals surface area contributed by atoms with E-state index in [9.17, 15) is 9.59 Å². The Morgan fingerprint density at radius 1 is 1.08 bits per heavy atom. The SMILES string of the molecule is CCCN(CCC)C(=O)c1cncc(N2CCN(C(=O)OCC)CC2)c1. The van der Waals surface area contributed by atoms with Gasteiger partial charge in [-0.15, -0.1) is 0 Å². The van der Waals surface area contributed by atoms with Gasteiger partial charge in [0.25, 0.3) is 5.91 Å². The minimum absolute atomic E-state index is 0.0354. The number of carbonyl (C=O) groups is 2. The van der Waals surface area contributed by atoms with Crippen molar-refractivity contribution in [1.29, 1.82) is 0 Å². The molecule has 0 N–H and O–H groups in total. The Morgan fingerprint density at radius 3 is 2.31 bits per heavy atom. The van der Waals surface area contributed by atoms with Gasteiger partial charge in [-0.3, -0.25) is 9.78 Å². The normalized spacial score (nSPS) is 14.3. The predicted octanol–water partition coefficient (Wildman–Crippen LogP) is 2.62. The van der Waals surface area contributed by atoms with Crippen LogP contribution in [0.25, 0.3) is 0 Å². The molecule has 0 saturated carbocycles. The van der Waals surface area contributed by atoms with Crippen molar-refractivity contribution in [2.75, 3.05) is 50.8 Å². The van der Waals surface area contributed by atoms with E-state index in [0.717, 1.165) is 31.6 Å². The van der Waals surface area contributed by atoms with Gasteiger partial charge in [0, 0.05) is 45.5 Å². The highest BCUT2D eigenvalue weighted by Gasteiger charge is 2.23. The van der Waals surface area contributed by atoms with Crippen LogP contribution in [0.4, 0.5) is 10.5 Å². The molecule has 7 nitrogen and oxygen atoms in total. The molecule has 2 rings (SSSR count). The van der Waals surface area contributed by atoms with E-state index in [-0.39, 0.29) is 12.0 Å². The molecule has 0 spiro atoms. The molecule has 1 aliphatic heterocycles. The monoisotopic (exact) mass is 362 g/mol. The molecule has 1 aromatic heterocycles. The van der Waals surface area contributed by atoms with Crippen molar-refractivity contribution >= 4 is 17.7 Å². The second-order valence-corrected chi connectivity index (χ2v) is 6.40. The first kappa shape index (κ1) is 20.0. The topological polar surface area (TPSA) is 66.0 Å². The van der Waals surface area contributed by atoms with Crippen molar-refractivity contribution in [3.05, 3.63) is 24.0 Å². The van der Waals surface area contributed by atoms with Crippen LogP contribution in [-0.4, -0.2) is 72.7 Å². The molecule has 144 valence electrons. The van der Waals surface area contributed by atoms with E-state index in [0.29, 0.717) is 38.3 Å². The second-order valence-electron chi connectivity index (χ2n) is 6.40. The van der Waals surface area contributed by atoms with Gasteiger partial charge in [-0.1, -0.05) is 13.8 Å². The summed E-state index contributed by atoms with van der Waals surface area (Å²) in [5, 5.41) is 0. The minimum atomic E-state index is -0.260. The first-order valence-electron chi connectivity index (χ1n) is 9.51. The lowest BCUT2D eigenvalue weighted by atomic mass is 10.2. The summed E-state index contributed by atoms with van der Waals surface area (Å²) in [6.45, 7) is 10.5. The summed E-state index contributed by atoms with van der Waals surface area (Å²) >= 11 is 0. The second kappa shape index (κ2) is 9.99. The Bertz CT molecular complexity index is 594. The highest BCUT2D eigenvalue weighted by Crippen LogP contribution is 2.18. The average Bonchev–Trinajstić information content (AvgIpc) is 2.67. The summed E-state index contributed by atoms with van der Waals surface area (Å²) in [6, 6.07) is 1.91. The summed E-state index contributed by atoms with van der Waals surface area (Å²) in [5.74, 6) is 0.0354. The van der Waals surface area contributed by atoms with Gasteiger partial charge in [0.15, 0.2) is 0 Å². The number of amides is 2. The largest absolute Gasteiger partial charge is 0.450 e. The molecule has 1 aromatic rings. The number of piperazine rings is 1.